The average molecular weight is 284 g/mol. The molecule has 86 valence electrons. The van der Waals surface area contributed by atoms with Gasteiger partial charge in [-0.15, -0.1) is 0 Å². The Morgan fingerprint density at radius 1 is 1.56 bits per heavy atom. The Labute approximate surface area is 103 Å². The van der Waals surface area contributed by atoms with Crippen LogP contribution in [0.2, 0.25) is 0 Å². The van der Waals surface area contributed by atoms with Crippen molar-refractivity contribution in [2.75, 3.05) is 11.9 Å². The first-order valence-electron chi connectivity index (χ1n) is 5.25. The van der Waals surface area contributed by atoms with E-state index in [0.29, 0.717) is 6.42 Å². The van der Waals surface area contributed by atoms with Crippen LogP contribution in [0.1, 0.15) is 24.8 Å². The van der Waals surface area contributed by atoms with Gasteiger partial charge in [-0.1, -0.05) is 15.9 Å². The van der Waals surface area contributed by atoms with Crippen LogP contribution in [-0.4, -0.2) is 24.2 Å². The number of fused-ring (bicyclic) bond motifs is 1. The summed E-state index contributed by atoms with van der Waals surface area (Å²) in [4.78, 5) is 13.4. The number of benzene rings is 1. The summed E-state index contributed by atoms with van der Waals surface area (Å²) in [5, 5.41) is 9.25. The second kappa shape index (κ2) is 4.09. The first-order chi connectivity index (χ1) is 7.50. The minimum absolute atomic E-state index is 0.259. The number of aliphatic carboxylic acids is 1. The molecule has 1 aliphatic rings. The third-order valence-electron chi connectivity index (χ3n) is 3.28. The van der Waals surface area contributed by atoms with Gasteiger partial charge in [0.2, 0.25) is 0 Å². The van der Waals surface area contributed by atoms with Crippen molar-refractivity contribution >= 4 is 27.6 Å². The molecule has 0 unspecified atom stereocenters. The van der Waals surface area contributed by atoms with E-state index in [0.717, 1.165) is 15.7 Å². The van der Waals surface area contributed by atoms with E-state index in [1.165, 1.54) is 0 Å². The number of carboxylic acids is 1. The van der Waals surface area contributed by atoms with E-state index in [9.17, 15) is 9.90 Å². The fraction of sp³-hybridized carbons (Fsp3) is 0.417. The first kappa shape index (κ1) is 11.5. The van der Waals surface area contributed by atoms with E-state index in [1.807, 2.05) is 25.2 Å². The third kappa shape index (κ3) is 1.82. The number of rotatable bonds is 1. The summed E-state index contributed by atoms with van der Waals surface area (Å²) in [6.45, 7) is 2.06. The molecule has 3 nitrogen and oxygen atoms in total. The summed E-state index contributed by atoms with van der Waals surface area (Å²) < 4.78 is 0.931. The quantitative estimate of drug-likeness (QED) is 0.862. The SMILES string of the molecule is C[C@@H]1C[C@H](C(=O)O)c2cc(Br)ccc2N1C. The first-order valence-corrected chi connectivity index (χ1v) is 6.05. The molecule has 2 rings (SSSR count). The molecule has 16 heavy (non-hydrogen) atoms. The molecule has 0 saturated carbocycles. The zero-order valence-corrected chi connectivity index (χ0v) is 10.9. The van der Waals surface area contributed by atoms with Gasteiger partial charge in [0.15, 0.2) is 0 Å². The van der Waals surface area contributed by atoms with Crippen LogP contribution in [-0.2, 0) is 4.79 Å². The fourth-order valence-corrected chi connectivity index (χ4v) is 2.60. The van der Waals surface area contributed by atoms with Crippen molar-refractivity contribution in [2.24, 2.45) is 0 Å². The molecule has 0 fully saturated rings. The van der Waals surface area contributed by atoms with Crippen molar-refractivity contribution in [2.45, 2.75) is 25.3 Å². The highest BCUT2D eigenvalue weighted by Gasteiger charge is 2.32. The number of carboxylic acid groups (broad SMARTS) is 1. The molecule has 1 N–H and O–H groups in total. The van der Waals surface area contributed by atoms with Crippen LogP contribution >= 0.6 is 15.9 Å². The van der Waals surface area contributed by atoms with E-state index in [1.54, 1.807) is 0 Å². The summed E-state index contributed by atoms with van der Waals surface area (Å²) >= 11 is 3.39. The zero-order chi connectivity index (χ0) is 11.9. The van der Waals surface area contributed by atoms with Crippen LogP contribution in [0.25, 0.3) is 0 Å². The number of hydrogen-bond acceptors (Lipinski definition) is 2. The molecule has 0 radical (unpaired) electrons. The van der Waals surface area contributed by atoms with E-state index in [4.69, 9.17) is 0 Å². The molecule has 1 aliphatic heterocycles. The predicted molar refractivity (Wildman–Crippen MR) is 67.0 cm³/mol. The Morgan fingerprint density at radius 3 is 2.88 bits per heavy atom. The summed E-state index contributed by atoms with van der Waals surface area (Å²) in [6.07, 6.45) is 0.662. The van der Waals surface area contributed by atoms with Crippen LogP contribution in [0, 0.1) is 0 Å². The number of anilines is 1. The van der Waals surface area contributed by atoms with Crippen LogP contribution < -0.4 is 4.90 Å². The number of carbonyl (C=O) groups is 1. The van der Waals surface area contributed by atoms with E-state index in [-0.39, 0.29) is 6.04 Å². The Kier molecular flexibility index (Phi) is 2.93. The maximum atomic E-state index is 11.2. The largest absolute Gasteiger partial charge is 0.481 e. The summed E-state index contributed by atoms with van der Waals surface area (Å²) in [5.74, 6) is -1.13. The Bertz CT molecular complexity index is 433. The number of halogens is 1. The lowest BCUT2D eigenvalue weighted by Crippen LogP contribution is -2.37. The van der Waals surface area contributed by atoms with Gasteiger partial charge in [-0.3, -0.25) is 4.79 Å². The molecular formula is C12H14BrNO2. The van der Waals surface area contributed by atoms with Crippen molar-refractivity contribution in [3.8, 4) is 0 Å². The molecule has 0 bridgehead atoms. The molecular weight excluding hydrogens is 270 g/mol. The fourth-order valence-electron chi connectivity index (χ4n) is 2.22. The topological polar surface area (TPSA) is 40.5 Å². The Morgan fingerprint density at radius 2 is 2.25 bits per heavy atom. The van der Waals surface area contributed by atoms with E-state index >= 15 is 0 Å². The average Bonchev–Trinajstić information content (AvgIpc) is 2.22. The summed E-state index contributed by atoms with van der Waals surface area (Å²) in [7, 11) is 2.01. The second-order valence-electron chi connectivity index (χ2n) is 4.29. The van der Waals surface area contributed by atoms with Gasteiger partial charge in [0.25, 0.3) is 0 Å². The molecule has 1 aromatic rings. The molecule has 0 spiro atoms. The summed E-state index contributed by atoms with van der Waals surface area (Å²) in [5.41, 5.74) is 1.93. The molecule has 1 heterocycles. The van der Waals surface area contributed by atoms with Gasteiger partial charge in [0.1, 0.15) is 0 Å². The van der Waals surface area contributed by atoms with Gasteiger partial charge in [0.05, 0.1) is 5.92 Å². The maximum Gasteiger partial charge on any atom is 0.311 e. The number of nitrogens with zero attached hydrogens (tertiary/aromatic N) is 1. The number of hydrogen-bond donors (Lipinski definition) is 1. The lowest BCUT2D eigenvalue weighted by Gasteiger charge is -2.37. The smallest absolute Gasteiger partial charge is 0.311 e. The van der Waals surface area contributed by atoms with Crippen molar-refractivity contribution in [3.05, 3.63) is 28.2 Å². The maximum absolute atomic E-state index is 11.2. The van der Waals surface area contributed by atoms with Crippen molar-refractivity contribution < 1.29 is 9.90 Å². The lowest BCUT2D eigenvalue weighted by molar-refractivity contribution is -0.139. The van der Waals surface area contributed by atoms with Gasteiger partial charge in [-0.25, -0.2) is 0 Å². The highest BCUT2D eigenvalue weighted by molar-refractivity contribution is 9.10. The standard InChI is InChI=1S/C12H14BrNO2/c1-7-5-10(12(15)16)9-6-8(13)3-4-11(9)14(7)2/h3-4,6-7,10H,5H2,1-2H3,(H,15,16)/t7-,10+/m1/s1. The van der Waals surface area contributed by atoms with Gasteiger partial charge in [-0.05, 0) is 37.1 Å². The van der Waals surface area contributed by atoms with Crippen LogP contribution in [0.4, 0.5) is 5.69 Å². The summed E-state index contributed by atoms with van der Waals surface area (Å²) in [6, 6.07) is 6.10. The minimum Gasteiger partial charge on any atom is -0.481 e. The van der Waals surface area contributed by atoms with Crippen molar-refractivity contribution in [1.29, 1.82) is 0 Å². The van der Waals surface area contributed by atoms with Gasteiger partial charge < -0.3 is 10.0 Å². The Balaban J connectivity index is 2.54. The third-order valence-corrected chi connectivity index (χ3v) is 3.77. The minimum atomic E-state index is -0.737. The predicted octanol–water partition coefficient (Wildman–Crippen LogP) is 2.85. The molecule has 1 aromatic carbocycles. The van der Waals surface area contributed by atoms with Crippen LogP contribution in [0.5, 0.6) is 0 Å². The van der Waals surface area contributed by atoms with Crippen molar-refractivity contribution in [1.82, 2.24) is 0 Å². The molecule has 0 aliphatic carbocycles. The molecule has 0 aromatic heterocycles. The molecule has 4 heteroatoms. The van der Waals surface area contributed by atoms with Crippen LogP contribution in [0.15, 0.2) is 22.7 Å². The zero-order valence-electron chi connectivity index (χ0n) is 9.27. The van der Waals surface area contributed by atoms with Gasteiger partial charge >= 0.3 is 5.97 Å². The normalized spacial score (nSPS) is 24.1. The van der Waals surface area contributed by atoms with Crippen molar-refractivity contribution in [3.63, 3.8) is 0 Å². The highest BCUT2D eigenvalue weighted by Crippen LogP contribution is 2.39. The Hall–Kier alpha value is -1.03. The lowest BCUT2D eigenvalue weighted by atomic mass is 9.86. The van der Waals surface area contributed by atoms with E-state index < -0.39 is 11.9 Å². The van der Waals surface area contributed by atoms with E-state index in [2.05, 4.69) is 27.8 Å². The molecule has 0 amide bonds. The second-order valence-corrected chi connectivity index (χ2v) is 5.21. The van der Waals surface area contributed by atoms with Crippen LogP contribution in [0.3, 0.4) is 0 Å². The van der Waals surface area contributed by atoms with Gasteiger partial charge in [0, 0.05) is 23.2 Å². The monoisotopic (exact) mass is 283 g/mol. The molecule has 2 atom stereocenters. The highest BCUT2D eigenvalue weighted by atomic mass is 79.9. The van der Waals surface area contributed by atoms with Gasteiger partial charge in [-0.2, -0.15) is 0 Å². The molecule has 0 saturated heterocycles.